The maximum Gasteiger partial charge on any atom is 0.310 e. The fraction of sp³-hybridized carbons (Fsp3) is 0.439. The van der Waals surface area contributed by atoms with Crippen LogP contribution in [0.15, 0.2) is 83.1 Å². The number of aromatic nitrogens is 6. The fourth-order valence-corrected chi connectivity index (χ4v) is 9.62. The van der Waals surface area contributed by atoms with Crippen LogP contribution < -0.4 is 14.6 Å². The van der Waals surface area contributed by atoms with Crippen molar-refractivity contribution in [1.82, 2.24) is 39.3 Å². The van der Waals surface area contributed by atoms with Crippen molar-refractivity contribution in [1.29, 1.82) is 0 Å². The minimum absolute atomic E-state index is 0.00128. The summed E-state index contributed by atoms with van der Waals surface area (Å²) >= 11 is 0. The number of benzene rings is 2. The molecule has 444 valence electrons. The summed E-state index contributed by atoms with van der Waals surface area (Å²) in [6, 6.07) is 14.3. The summed E-state index contributed by atoms with van der Waals surface area (Å²) in [7, 11) is -1.70. The van der Waals surface area contributed by atoms with Crippen LogP contribution in [-0.2, 0) is 58.1 Å². The number of hydrogen-bond donors (Lipinski definition) is 2. The van der Waals surface area contributed by atoms with Crippen molar-refractivity contribution in [2.24, 2.45) is 5.14 Å². The van der Waals surface area contributed by atoms with Crippen molar-refractivity contribution >= 4 is 43.6 Å². The molecule has 2 amide bonds. The Bertz CT molecular complexity index is 3600. The minimum atomic E-state index is -4.18. The number of primary sulfonamides is 1. The Hall–Kier alpha value is -7.64. The number of ether oxygens (including phenoxy) is 3. The molecular weight excluding hydrogens is 1100 g/mol. The number of nitrogens with zero attached hydrogens (tertiary/aromatic N) is 8. The van der Waals surface area contributed by atoms with Crippen LogP contribution >= 0.6 is 0 Å². The van der Waals surface area contributed by atoms with E-state index in [0.717, 1.165) is 12.3 Å². The van der Waals surface area contributed by atoms with Crippen LogP contribution in [0, 0.1) is 11.6 Å². The summed E-state index contributed by atoms with van der Waals surface area (Å²) < 4.78 is 97.8. The Kier molecular flexibility index (Phi) is 20.1. The number of amides is 2. The van der Waals surface area contributed by atoms with Gasteiger partial charge in [-0.05, 0) is 141 Å². The highest BCUT2D eigenvalue weighted by atomic mass is 32.2. The lowest BCUT2D eigenvalue weighted by molar-refractivity contribution is -0.154. The first-order chi connectivity index (χ1) is 37.7. The molecule has 0 radical (unpaired) electrons. The Morgan fingerprint density at radius 2 is 1.02 bits per heavy atom. The highest BCUT2D eigenvalue weighted by Gasteiger charge is 2.34. The van der Waals surface area contributed by atoms with Crippen molar-refractivity contribution < 1.29 is 64.1 Å². The van der Waals surface area contributed by atoms with Gasteiger partial charge >= 0.3 is 11.9 Å². The van der Waals surface area contributed by atoms with E-state index in [1.807, 2.05) is 27.7 Å². The second kappa shape index (κ2) is 25.2. The van der Waals surface area contributed by atoms with Crippen molar-refractivity contribution in [2.45, 2.75) is 128 Å². The van der Waals surface area contributed by atoms with E-state index >= 15 is 0 Å². The molecule has 0 atom stereocenters. The monoisotopic (exact) mass is 1180 g/mol. The predicted molar refractivity (Wildman–Crippen MR) is 303 cm³/mol. The van der Waals surface area contributed by atoms with Gasteiger partial charge in [-0.15, -0.1) is 0 Å². The molecule has 82 heavy (non-hydrogen) atoms. The molecule has 2 aromatic carbocycles. The third kappa shape index (κ3) is 16.5. The minimum Gasteiger partial charge on any atom is -0.481 e. The maximum atomic E-state index is 14.9. The zero-order chi connectivity index (χ0) is 61.8. The number of carbonyl (C=O) groups is 4. The second-order valence-electron chi connectivity index (χ2n) is 22.9. The van der Waals surface area contributed by atoms with Crippen LogP contribution in [0.4, 0.5) is 8.78 Å². The summed E-state index contributed by atoms with van der Waals surface area (Å²) in [6.45, 7) is 19.7. The number of sulfone groups is 1. The molecule has 4 aromatic heterocycles. The van der Waals surface area contributed by atoms with Gasteiger partial charge in [0.25, 0.3) is 21.8 Å². The summed E-state index contributed by atoms with van der Waals surface area (Å²) in [4.78, 5) is 61.2. The first kappa shape index (κ1) is 65.2. The number of nitrogens with two attached hydrogens (primary N) is 1. The number of carboxylic acid groups (broad SMARTS) is 1. The van der Waals surface area contributed by atoms with E-state index in [9.17, 15) is 49.9 Å². The maximum absolute atomic E-state index is 14.9. The highest BCUT2D eigenvalue weighted by molar-refractivity contribution is 7.90. The van der Waals surface area contributed by atoms with Gasteiger partial charge in [0.15, 0.2) is 19.9 Å². The van der Waals surface area contributed by atoms with E-state index in [-0.39, 0.29) is 66.1 Å². The number of aliphatic carboxylic acids is 1. The van der Waals surface area contributed by atoms with Gasteiger partial charge in [-0.25, -0.2) is 50.1 Å². The quantitative estimate of drug-likeness (QED) is 0.0685. The van der Waals surface area contributed by atoms with Gasteiger partial charge in [0.1, 0.15) is 41.8 Å². The lowest BCUT2D eigenvalue weighted by atomic mass is 9.88. The number of rotatable bonds is 20. The van der Waals surface area contributed by atoms with E-state index in [2.05, 4.69) is 20.2 Å². The third-order valence-electron chi connectivity index (χ3n) is 12.5. The van der Waals surface area contributed by atoms with Crippen molar-refractivity contribution in [2.75, 3.05) is 47.7 Å². The van der Waals surface area contributed by atoms with Gasteiger partial charge in [-0.2, -0.15) is 10.2 Å². The molecule has 3 N–H and O–H groups in total. The molecule has 25 heteroatoms. The largest absolute Gasteiger partial charge is 0.481 e. The Labute approximate surface area is 477 Å². The molecule has 0 spiro atoms. The molecule has 0 unspecified atom stereocenters. The number of pyridine rings is 2. The van der Waals surface area contributed by atoms with Crippen molar-refractivity contribution in [3.63, 3.8) is 0 Å². The zero-order valence-electron chi connectivity index (χ0n) is 49.1. The van der Waals surface area contributed by atoms with E-state index in [0.29, 0.717) is 44.5 Å². The van der Waals surface area contributed by atoms with Crippen molar-refractivity contribution in [3.05, 3.63) is 118 Å². The summed E-state index contributed by atoms with van der Waals surface area (Å²) in [6.07, 6.45) is 3.66. The van der Waals surface area contributed by atoms with Crippen LogP contribution in [0.1, 0.15) is 131 Å². The Morgan fingerprint density at radius 3 is 1.38 bits per heavy atom. The Morgan fingerprint density at radius 1 is 0.634 bits per heavy atom. The van der Waals surface area contributed by atoms with Crippen LogP contribution in [0.3, 0.4) is 0 Å². The van der Waals surface area contributed by atoms with E-state index in [4.69, 9.17) is 19.3 Å². The SMILES string of the molecule is CC(C)c1cc(F)cc(-c2ccnc(OCC(C)(C)n3nc(S(C)(=O)=O)cc3C(=O)N(C)C)c2)c1CC(=O)OC(C)(C)C.CC(C)c1cc(F)cc(-c2ccnc(OCC(C)(C)n3nc(S(N)(=O)=O)cc3C(=O)N(C)C)c2)c1CC(=O)O. The number of carboxylic acids is 1. The predicted octanol–water partition coefficient (Wildman–Crippen LogP) is 8.01. The first-order valence-corrected chi connectivity index (χ1v) is 29.3. The van der Waals surface area contributed by atoms with Gasteiger partial charge in [0.05, 0.1) is 23.9 Å². The Balaban J connectivity index is 0.000000302. The summed E-state index contributed by atoms with van der Waals surface area (Å²) in [5.74, 6) is -3.11. The number of sulfonamides is 1. The third-order valence-corrected chi connectivity index (χ3v) is 14.2. The molecule has 0 aliphatic rings. The van der Waals surface area contributed by atoms with Crippen LogP contribution in [0.2, 0.25) is 0 Å². The highest BCUT2D eigenvalue weighted by Crippen LogP contribution is 2.36. The molecule has 4 heterocycles. The molecule has 0 saturated heterocycles. The number of esters is 1. The standard InChI is InChI=1S/C31H41FN4O6S.C26H32FN5O6S/c1-19(2)22-14-21(32)15-23(24(22)16-28(37)42-30(3,4)5)20-11-12-33-26(13-20)41-18-31(6,7)36-25(29(38)35(8)9)17-27(34-36)43(10,39)40;1-15(2)18-10-17(27)11-19(20(18)12-24(33)34)16-7-8-29-22(9-16)38-14-26(3,4)32-21(25(35)31(5)6)13-23(30-32)39(28,36)37/h11-15,17,19H,16,18H2,1-10H3;7-11,13,15H,12,14H2,1-6H3,(H,33,34)(H2,28,36,37). The summed E-state index contributed by atoms with van der Waals surface area (Å²) in [5.41, 5.74) is 1.86. The second-order valence-corrected chi connectivity index (χ2v) is 26.4. The molecule has 0 bridgehead atoms. The number of carbonyl (C=O) groups excluding carboxylic acids is 3. The topological polar surface area (TPSA) is 278 Å². The molecule has 0 aliphatic carbocycles. The zero-order valence-corrected chi connectivity index (χ0v) is 50.7. The normalized spacial score (nSPS) is 12.2. The fourth-order valence-electron chi connectivity index (χ4n) is 8.59. The molecular formula is C57H73F2N9O12S2. The first-order valence-electron chi connectivity index (χ1n) is 25.8. The number of hydrogen-bond acceptors (Lipinski definition) is 15. The number of halogens is 2. The lowest BCUT2D eigenvalue weighted by Crippen LogP contribution is -2.38. The molecule has 6 rings (SSSR count). The molecule has 21 nitrogen and oxygen atoms in total. The van der Waals surface area contributed by atoms with Gasteiger partial charge in [-0.3, -0.25) is 19.2 Å². The van der Waals surface area contributed by atoms with Crippen LogP contribution in [0.5, 0.6) is 11.8 Å². The molecule has 0 saturated carbocycles. The molecule has 0 aliphatic heterocycles. The van der Waals surface area contributed by atoms with E-state index in [1.54, 1.807) is 86.8 Å². The average molecular weight is 1180 g/mol. The molecule has 6 aromatic rings. The van der Waals surface area contributed by atoms with E-state index in [1.165, 1.54) is 76.0 Å². The van der Waals surface area contributed by atoms with Gasteiger partial charge in [-0.1, -0.05) is 27.7 Å². The smallest absolute Gasteiger partial charge is 0.310 e. The molecule has 0 fully saturated rings. The van der Waals surface area contributed by atoms with Crippen LogP contribution in [0.25, 0.3) is 22.3 Å². The van der Waals surface area contributed by atoms with Gasteiger partial charge in [0.2, 0.25) is 11.8 Å². The van der Waals surface area contributed by atoms with Gasteiger partial charge < -0.3 is 29.1 Å². The summed E-state index contributed by atoms with van der Waals surface area (Å²) in [5, 5.41) is 22.3. The lowest BCUT2D eigenvalue weighted by Gasteiger charge is -2.27. The van der Waals surface area contributed by atoms with Crippen LogP contribution in [-0.4, -0.2) is 138 Å². The van der Waals surface area contributed by atoms with Crippen molar-refractivity contribution in [3.8, 4) is 34.0 Å². The average Bonchev–Trinajstić information content (AvgIpc) is 4.16. The van der Waals surface area contributed by atoms with Gasteiger partial charge in [0, 0.05) is 71.1 Å². The van der Waals surface area contributed by atoms with E-state index < -0.39 is 77.0 Å².